The molecule has 6 atom stereocenters. The number of unbranched alkanes of at least 4 members (excludes halogenated alkanes) is 11. The van der Waals surface area contributed by atoms with E-state index in [4.69, 9.17) is 49.9 Å². The summed E-state index contributed by atoms with van der Waals surface area (Å²) in [6.45, 7) is 5.66. The Morgan fingerprint density at radius 2 is 1.66 bits per heavy atom. The third-order valence-electron chi connectivity index (χ3n) is 11.3. The molecule has 6 rings (SSSR count). The zero-order valence-electron chi connectivity index (χ0n) is 36.0. The zero-order chi connectivity index (χ0) is 44.0. The normalized spacial score (nSPS) is 21.8. The van der Waals surface area contributed by atoms with Crippen LogP contribution in [0.4, 0.5) is 5.82 Å². The monoisotopic (exact) mass is 891 g/mol. The predicted molar refractivity (Wildman–Crippen MR) is 233 cm³/mol. The molecule has 0 radical (unpaired) electrons. The Balaban J connectivity index is 1.13. The summed E-state index contributed by atoms with van der Waals surface area (Å²) >= 11 is 6.48. The number of para-hydroxylation sites is 1. The third-order valence-corrected chi connectivity index (χ3v) is 13.0. The average Bonchev–Trinajstić information content (AvgIpc) is 3.93. The molecular weight excluding hydrogens is 833 g/mol. The molecule has 1 aliphatic carbocycles. The van der Waals surface area contributed by atoms with Crippen LogP contribution in [-0.2, 0) is 27.8 Å². The van der Waals surface area contributed by atoms with E-state index in [-0.39, 0.29) is 36.1 Å². The van der Waals surface area contributed by atoms with Gasteiger partial charge in [0, 0.05) is 18.2 Å². The van der Waals surface area contributed by atoms with Gasteiger partial charge >= 0.3 is 7.82 Å². The van der Waals surface area contributed by atoms with Gasteiger partial charge in [-0.1, -0.05) is 101 Å². The predicted octanol–water partition coefficient (Wildman–Crippen LogP) is 10.1. The summed E-state index contributed by atoms with van der Waals surface area (Å²) < 4.78 is 59.8. The first-order valence-corrected chi connectivity index (χ1v) is 23.6. The lowest BCUT2D eigenvalue weighted by Crippen LogP contribution is -2.38. The van der Waals surface area contributed by atoms with Crippen LogP contribution in [0.3, 0.4) is 0 Å². The van der Waals surface area contributed by atoms with Crippen molar-refractivity contribution in [1.29, 1.82) is 10.5 Å². The first-order chi connectivity index (χ1) is 30.0. The summed E-state index contributed by atoms with van der Waals surface area (Å²) in [7, 11) is -4.58. The number of hydrogen-bond acceptors (Lipinski definition) is 14. The number of ether oxygens (including phenoxy) is 4. The lowest BCUT2D eigenvalue weighted by atomic mass is 9.85. The highest BCUT2D eigenvalue weighted by molar-refractivity contribution is 7.49. The molecule has 2 aliphatic rings. The Bertz CT molecular complexity index is 2180. The molecule has 4 heterocycles. The fourth-order valence-corrected chi connectivity index (χ4v) is 9.67. The summed E-state index contributed by atoms with van der Waals surface area (Å²) in [5, 5.41) is 24.8. The van der Waals surface area contributed by atoms with E-state index >= 15 is 0 Å². The van der Waals surface area contributed by atoms with E-state index in [0.29, 0.717) is 23.7 Å². The average molecular weight is 892 g/mol. The third kappa shape index (κ3) is 12.4. The molecule has 1 saturated heterocycles. The van der Waals surface area contributed by atoms with Gasteiger partial charge in [0.25, 0.3) is 0 Å². The quantitative estimate of drug-likeness (QED) is 0.0461. The molecule has 17 heteroatoms. The van der Waals surface area contributed by atoms with Crippen molar-refractivity contribution in [2.75, 3.05) is 32.2 Å². The number of halogens is 1. The molecule has 62 heavy (non-hydrogen) atoms. The van der Waals surface area contributed by atoms with Crippen LogP contribution in [0.1, 0.15) is 122 Å². The molecule has 0 spiro atoms. The Hall–Kier alpha value is -4.31. The first kappa shape index (κ1) is 47.2. The number of pyridine rings is 1. The van der Waals surface area contributed by atoms with E-state index < -0.39 is 49.9 Å². The van der Waals surface area contributed by atoms with Crippen LogP contribution in [-0.4, -0.2) is 70.1 Å². The van der Waals surface area contributed by atoms with Gasteiger partial charge in [-0.15, -0.1) is 0 Å². The van der Waals surface area contributed by atoms with E-state index in [1.807, 2.05) is 18.2 Å². The molecule has 0 bridgehead atoms. The minimum Gasteiger partial charge on any atom is -0.484 e. The molecule has 2 N–H and O–H groups in total. The van der Waals surface area contributed by atoms with E-state index in [1.54, 1.807) is 48.7 Å². The highest BCUT2D eigenvalue weighted by Crippen LogP contribution is 2.58. The largest absolute Gasteiger partial charge is 0.530 e. The van der Waals surface area contributed by atoms with Crippen LogP contribution in [0.25, 0.3) is 5.52 Å². The summed E-state index contributed by atoms with van der Waals surface area (Å²) in [6.07, 6.45) is 15.6. The lowest BCUT2D eigenvalue weighted by molar-refractivity contribution is -0.164. The van der Waals surface area contributed by atoms with Gasteiger partial charge in [-0.2, -0.15) is 15.6 Å². The number of nitrogen functional groups attached to an aromatic ring is 1. The molecule has 1 aliphatic heterocycles. The molecule has 1 aromatic carbocycles. The van der Waals surface area contributed by atoms with Gasteiger partial charge < -0.3 is 29.2 Å². The smallest absolute Gasteiger partial charge is 0.484 e. The van der Waals surface area contributed by atoms with E-state index in [2.05, 4.69) is 28.1 Å². The molecule has 4 aromatic rings. The van der Waals surface area contributed by atoms with E-state index in [9.17, 15) is 15.1 Å². The fourth-order valence-electron chi connectivity index (χ4n) is 8.13. The molecule has 1 unspecified atom stereocenters. The van der Waals surface area contributed by atoms with Crippen LogP contribution in [0.15, 0.2) is 61.1 Å². The second-order valence-corrected chi connectivity index (χ2v) is 18.5. The van der Waals surface area contributed by atoms with Gasteiger partial charge in [0.1, 0.15) is 52.7 Å². The number of rotatable bonds is 26. The van der Waals surface area contributed by atoms with Crippen LogP contribution in [0.2, 0.25) is 5.02 Å². The number of hydrogen-bond donors (Lipinski definition) is 1. The maximum absolute atomic E-state index is 14.8. The molecule has 1 saturated carbocycles. The molecule has 334 valence electrons. The topological polar surface area (TPSA) is 198 Å². The van der Waals surface area contributed by atoms with Crippen LogP contribution < -0.4 is 15.0 Å². The zero-order valence-corrected chi connectivity index (χ0v) is 37.6. The number of nitrogens with zero attached hydrogens (tertiary/aromatic N) is 6. The Kier molecular flexibility index (Phi) is 17.0. The minimum absolute atomic E-state index is 0.0566. The summed E-state index contributed by atoms with van der Waals surface area (Å²) in [5.41, 5.74) is 6.36. The van der Waals surface area contributed by atoms with Crippen molar-refractivity contribution in [3.8, 4) is 23.6 Å². The summed E-state index contributed by atoms with van der Waals surface area (Å²) in [4.78, 5) is 8.22. The highest BCUT2D eigenvalue weighted by atomic mass is 35.5. The summed E-state index contributed by atoms with van der Waals surface area (Å²) in [5.74, 6) is -0.716. The summed E-state index contributed by atoms with van der Waals surface area (Å²) in [6, 6.07) is 17.8. The van der Waals surface area contributed by atoms with Crippen molar-refractivity contribution in [3.05, 3.63) is 77.5 Å². The van der Waals surface area contributed by atoms with Crippen LogP contribution >= 0.6 is 19.4 Å². The molecule has 3 aromatic heterocycles. The number of aromatic nitrogens is 4. The van der Waals surface area contributed by atoms with Crippen molar-refractivity contribution < 1.29 is 37.1 Å². The van der Waals surface area contributed by atoms with E-state index in [0.717, 1.165) is 25.0 Å². The van der Waals surface area contributed by atoms with Crippen molar-refractivity contribution >= 4 is 30.8 Å². The van der Waals surface area contributed by atoms with Gasteiger partial charge in [-0.25, -0.2) is 19.0 Å². The molecule has 15 nitrogen and oxygen atoms in total. The number of fused-ring (bicyclic) bond motifs is 2. The van der Waals surface area contributed by atoms with Gasteiger partial charge in [0.15, 0.2) is 11.6 Å². The number of anilines is 1. The van der Waals surface area contributed by atoms with Crippen LogP contribution in [0.5, 0.6) is 11.5 Å². The fraction of sp³-hybridized carbons (Fsp3) is 0.578. The number of benzene rings is 1. The Morgan fingerprint density at radius 3 is 2.34 bits per heavy atom. The molecular formula is C45H59ClN7O8P. The second-order valence-electron chi connectivity index (χ2n) is 16.5. The van der Waals surface area contributed by atoms with Crippen molar-refractivity contribution in [2.24, 2.45) is 5.41 Å². The Labute approximate surface area is 369 Å². The number of nitriles is 2. The highest BCUT2D eigenvalue weighted by Gasteiger charge is 2.63. The number of phosphoric acid groups is 1. The SMILES string of the molecule is CCCCCCCCCCCCCCOC[C@H](COP(=O)(OC[C@@]1(C#N)C[C@@H](c2ccc3c(N)ncnn23)[C@@H]2OC(C)(C)O[C@@H]21)Oc1ccccc1Cl)Oc1ccc(C#N)nc1. The number of phosphoric ester groups is 1. The Morgan fingerprint density at radius 1 is 0.935 bits per heavy atom. The van der Waals surface area contributed by atoms with Gasteiger partial charge in [-0.3, -0.25) is 9.05 Å². The standard InChI is InChI=1S/C45H59ClN7O8P/c1-4-5-6-7-8-9-10-11-12-13-14-17-24-55-28-35(58-34-21-20-33(26-47)50-27-34)29-56-62(54,61-40-19-16-15-18-37(40)46)57-31-45(30-48)25-36(41-42(45)60-44(2,3)59-41)38-22-23-39-43(49)51-32-52-53(38)39/h15-16,18-23,27,32,35-36,41-42H,4-14,17,24-25,28-29,31H2,1-3H3,(H2,49,51,52)/t35-,36+,41+,42+,45+,62?/m1/s1. The van der Waals surface area contributed by atoms with E-state index in [1.165, 1.54) is 76.4 Å². The number of nitrogens with two attached hydrogens (primary N) is 1. The van der Waals surface area contributed by atoms with Crippen molar-refractivity contribution in [2.45, 2.75) is 134 Å². The second kappa shape index (κ2) is 22.4. The van der Waals surface area contributed by atoms with Gasteiger partial charge in [-0.05, 0) is 63.1 Å². The van der Waals surface area contributed by atoms with Crippen molar-refractivity contribution in [1.82, 2.24) is 19.6 Å². The maximum atomic E-state index is 14.8. The van der Waals surface area contributed by atoms with Gasteiger partial charge in [0.2, 0.25) is 0 Å². The minimum atomic E-state index is -4.58. The molecule has 2 fully saturated rings. The van der Waals surface area contributed by atoms with Crippen molar-refractivity contribution in [3.63, 3.8) is 0 Å². The maximum Gasteiger partial charge on any atom is 0.530 e. The van der Waals surface area contributed by atoms with Crippen LogP contribution in [0, 0.1) is 28.1 Å². The molecule has 0 amide bonds. The lowest BCUT2D eigenvalue weighted by Gasteiger charge is -2.30. The van der Waals surface area contributed by atoms with Gasteiger partial charge in [0.05, 0.1) is 43.2 Å². The first-order valence-electron chi connectivity index (χ1n) is 21.8.